The van der Waals surface area contributed by atoms with Gasteiger partial charge in [-0.25, -0.2) is 0 Å². The first-order chi connectivity index (χ1) is 12.2. The van der Waals surface area contributed by atoms with E-state index >= 15 is 0 Å². The third-order valence-corrected chi connectivity index (χ3v) is 4.38. The molecule has 1 N–H and O–H groups in total. The number of rotatable bonds is 7. The molecule has 0 fully saturated rings. The monoisotopic (exact) mass is 346 g/mol. The minimum absolute atomic E-state index is 0.150. The molecule has 3 heterocycles. The standard InChI is InChI=1S/C17H26N6O2/c1-3-25-10-9-23-14(11-13(2)21-23)17(24)18-12-16-20-19-15-7-5-4-6-8-22(15)16/h11H,3-10,12H2,1-2H3,(H,18,24). The molecular formula is C17H26N6O2. The maximum atomic E-state index is 12.6. The number of carbonyl (C=O) groups excluding carboxylic acids is 1. The number of hydrogen-bond acceptors (Lipinski definition) is 5. The molecular weight excluding hydrogens is 320 g/mol. The van der Waals surface area contributed by atoms with Crippen LogP contribution in [-0.4, -0.2) is 43.7 Å². The summed E-state index contributed by atoms with van der Waals surface area (Å²) < 4.78 is 9.20. The Labute approximate surface area is 147 Å². The van der Waals surface area contributed by atoms with Crippen molar-refractivity contribution in [3.8, 4) is 0 Å². The van der Waals surface area contributed by atoms with Crippen LogP contribution in [0.5, 0.6) is 0 Å². The quantitative estimate of drug-likeness (QED) is 0.767. The van der Waals surface area contributed by atoms with E-state index in [1.54, 1.807) is 10.7 Å². The van der Waals surface area contributed by atoms with Crippen molar-refractivity contribution < 1.29 is 9.53 Å². The Bertz CT molecular complexity index is 721. The number of amides is 1. The molecule has 3 rings (SSSR count). The van der Waals surface area contributed by atoms with Crippen molar-refractivity contribution in [1.29, 1.82) is 0 Å². The molecule has 0 saturated carbocycles. The maximum Gasteiger partial charge on any atom is 0.269 e. The molecule has 0 spiro atoms. The average molecular weight is 346 g/mol. The number of hydrogen-bond donors (Lipinski definition) is 1. The zero-order chi connectivity index (χ0) is 17.6. The Kier molecular flexibility index (Phi) is 5.80. The number of aromatic nitrogens is 5. The molecule has 1 amide bonds. The van der Waals surface area contributed by atoms with Gasteiger partial charge in [0.1, 0.15) is 11.5 Å². The van der Waals surface area contributed by atoms with Gasteiger partial charge in [-0.1, -0.05) is 6.42 Å². The lowest BCUT2D eigenvalue weighted by molar-refractivity contribution is 0.0931. The number of fused-ring (bicyclic) bond motifs is 1. The van der Waals surface area contributed by atoms with E-state index in [-0.39, 0.29) is 5.91 Å². The molecule has 8 nitrogen and oxygen atoms in total. The molecule has 2 aromatic heterocycles. The van der Waals surface area contributed by atoms with Crippen molar-refractivity contribution in [3.63, 3.8) is 0 Å². The number of ether oxygens (including phenoxy) is 1. The molecule has 25 heavy (non-hydrogen) atoms. The molecule has 0 bridgehead atoms. The van der Waals surface area contributed by atoms with Gasteiger partial charge in [-0.05, 0) is 32.8 Å². The lowest BCUT2D eigenvalue weighted by atomic mass is 10.2. The largest absolute Gasteiger partial charge is 0.380 e. The van der Waals surface area contributed by atoms with Gasteiger partial charge < -0.3 is 14.6 Å². The van der Waals surface area contributed by atoms with Crippen LogP contribution in [-0.2, 0) is 30.8 Å². The third kappa shape index (κ3) is 4.25. The highest BCUT2D eigenvalue weighted by atomic mass is 16.5. The lowest BCUT2D eigenvalue weighted by Crippen LogP contribution is -2.28. The number of carbonyl (C=O) groups is 1. The highest BCUT2D eigenvalue weighted by molar-refractivity contribution is 5.92. The Morgan fingerprint density at radius 3 is 3.04 bits per heavy atom. The van der Waals surface area contributed by atoms with Crippen LogP contribution in [0.15, 0.2) is 6.07 Å². The zero-order valence-corrected chi connectivity index (χ0v) is 15.0. The van der Waals surface area contributed by atoms with Gasteiger partial charge in [0.05, 0.1) is 25.4 Å². The van der Waals surface area contributed by atoms with E-state index in [0.717, 1.165) is 43.1 Å². The van der Waals surface area contributed by atoms with Crippen molar-refractivity contribution in [2.24, 2.45) is 0 Å². The second kappa shape index (κ2) is 8.24. The number of nitrogens with zero attached hydrogens (tertiary/aromatic N) is 5. The van der Waals surface area contributed by atoms with E-state index in [9.17, 15) is 4.79 Å². The van der Waals surface area contributed by atoms with E-state index in [1.165, 1.54) is 6.42 Å². The van der Waals surface area contributed by atoms with E-state index in [1.807, 2.05) is 13.8 Å². The second-order valence-corrected chi connectivity index (χ2v) is 6.27. The first-order valence-electron chi connectivity index (χ1n) is 9.00. The predicted molar refractivity (Wildman–Crippen MR) is 92.2 cm³/mol. The topological polar surface area (TPSA) is 86.9 Å². The number of nitrogens with one attached hydrogen (secondary N) is 1. The molecule has 0 atom stereocenters. The highest BCUT2D eigenvalue weighted by Gasteiger charge is 2.17. The smallest absolute Gasteiger partial charge is 0.269 e. The van der Waals surface area contributed by atoms with Gasteiger partial charge in [-0.2, -0.15) is 5.10 Å². The fourth-order valence-corrected chi connectivity index (χ4v) is 3.12. The van der Waals surface area contributed by atoms with Gasteiger partial charge in [0.25, 0.3) is 5.91 Å². The van der Waals surface area contributed by atoms with Crippen LogP contribution in [0.4, 0.5) is 0 Å². The molecule has 136 valence electrons. The molecule has 0 radical (unpaired) electrons. The summed E-state index contributed by atoms with van der Waals surface area (Å²) in [5.74, 6) is 1.70. The molecule has 8 heteroatoms. The van der Waals surface area contributed by atoms with Crippen LogP contribution in [0.3, 0.4) is 0 Å². The summed E-state index contributed by atoms with van der Waals surface area (Å²) in [6.07, 6.45) is 4.47. The molecule has 1 aliphatic heterocycles. The van der Waals surface area contributed by atoms with Gasteiger partial charge in [0, 0.05) is 19.6 Å². The summed E-state index contributed by atoms with van der Waals surface area (Å²) in [7, 11) is 0. The van der Waals surface area contributed by atoms with Gasteiger partial charge in [0.2, 0.25) is 0 Å². The fourth-order valence-electron chi connectivity index (χ4n) is 3.12. The molecule has 1 aliphatic rings. The van der Waals surface area contributed by atoms with Crippen LogP contribution < -0.4 is 5.32 Å². The third-order valence-electron chi connectivity index (χ3n) is 4.38. The minimum Gasteiger partial charge on any atom is -0.380 e. The zero-order valence-electron chi connectivity index (χ0n) is 15.0. The number of aryl methyl sites for hydroxylation is 2. The predicted octanol–water partition coefficient (Wildman–Crippen LogP) is 1.48. The van der Waals surface area contributed by atoms with Gasteiger partial charge in [-0.3, -0.25) is 9.48 Å². The molecule has 0 saturated heterocycles. The summed E-state index contributed by atoms with van der Waals surface area (Å²) in [4.78, 5) is 12.6. The van der Waals surface area contributed by atoms with Crippen molar-refractivity contribution in [2.75, 3.05) is 13.2 Å². The van der Waals surface area contributed by atoms with E-state index < -0.39 is 0 Å². The fraction of sp³-hybridized carbons (Fsp3) is 0.647. The molecule has 0 aromatic carbocycles. The van der Waals surface area contributed by atoms with Crippen LogP contribution >= 0.6 is 0 Å². The lowest BCUT2D eigenvalue weighted by Gasteiger charge is -2.10. The van der Waals surface area contributed by atoms with Crippen molar-refractivity contribution in [3.05, 3.63) is 29.1 Å². The minimum atomic E-state index is -0.150. The van der Waals surface area contributed by atoms with Crippen molar-refractivity contribution in [1.82, 2.24) is 29.9 Å². The Morgan fingerprint density at radius 2 is 2.20 bits per heavy atom. The summed E-state index contributed by atoms with van der Waals surface area (Å²) in [5, 5.41) is 15.8. The van der Waals surface area contributed by atoms with E-state index in [2.05, 4.69) is 25.2 Å². The maximum absolute atomic E-state index is 12.6. The Morgan fingerprint density at radius 1 is 1.32 bits per heavy atom. The summed E-state index contributed by atoms with van der Waals surface area (Å²) in [6, 6.07) is 1.80. The normalized spacial score (nSPS) is 14.2. The Hall–Kier alpha value is -2.22. The molecule has 0 aliphatic carbocycles. The molecule has 2 aromatic rings. The highest BCUT2D eigenvalue weighted by Crippen LogP contribution is 2.14. The Balaban J connectivity index is 1.64. The second-order valence-electron chi connectivity index (χ2n) is 6.27. The summed E-state index contributed by atoms with van der Waals surface area (Å²) in [6.45, 7) is 6.89. The first kappa shape index (κ1) is 17.6. The average Bonchev–Trinajstić information content (AvgIpc) is 3.08. The first-order valence-corrected chi connectivity index (χ1v) is 9.00. The van der Waals surface area contributed by atoms with E-state index in [4.69, 9.17) is 4.74 Å². The van der Waals surface area contributed by atoms with E-state index in [0.29, 0.717) is 32.0 Å². The van der Waals surface area contributed by atoms with Gasteiger partial charge in [0.15, 0.2) is 5.82 Å². The van der Waals surface area contributed by atoms with Crippen LogP contribution in [0.2, 0.25) is 0 Å². The summed E-state index contributed by atoms with van der Waals surface area (Å²) in [5.41, 5.74) is 1.37. The molecule has 0 unspecified atom stereocenters. The van der Waals surface area contributed by atoms with Crippen molar-refractivity contribution >= 4 is 5.91 Å². The van der Waals surface area contributed by atoms with Crippen LogP contribution in [0.1, 0.15) is 54.0 Å². The summed E-state index contributed by atoms with van der Waals surface area (Å²) >= 11 is 0. The van der Waals surface area contributed by atoms with Gasteiger partial charge >= 0.3 is 0 Å². The van der Waals surface area contributed by atoms with Crippen LogP contribution in [0.25, 0.3) is 0 Å². The van der Waals surface area contributed by atoms with Crippen molar-refractivity contribution in [2.45, 2.75) is 59.2 Å². The van der Waals surface area contributed by atoms with Crippen LogP contribution in [0, 0.1) is 6.92 Å². The van der Waals surface area contributed by atoms with Gasteiger partial charge in [-0.15, -0.1) is 10.2 Å². The SMILES string of the molecule is CCOCCn1nc(C)cc1C(=O)NCc1nnc2n1CCCCC2.